The molecule has 2 aromatic heterocycles. The average Bonchev–Trinajstić information content (AvgIpc) is 3.21. The van der Waals surface area contributed by atoms with Gasteiger partial charge < -0.3 is 9.73 Å². The molecule has 0 saturated heterocycles. The minimum Gasteiger partial charge on any atom is -0.408 e. The molecule has 0 bridgehead atoms. The number of oxazole rings is 1. The van der Waals surface area contributed by atoms with E-state index in [9.17, 15) is 9.59 Å². The van der Waals surface area contributed by atoms with Gasteiger partial charge in [-0.3, -0.25) is 9.36 Å². The van der Waals surface area contributed by atoms with Gasteiger partial charge in [0.1, 0.15) is 5.01 Å². The van der Waals surface area contributed by atoms with Crippen LogP contribution in [-0.2, 0) is 17.8 Å². The molecule has 28 heavy (non-hydrogen) atoms. The van der Waals surface area contributed by atoms with Crippen molar-refractivity contribution in [2.24, 2.45) is 0 Å². The summed E-state index contributed by atoms with van der Waals surface area (Å²) in [6, 6.07) is 12.7. The number of fused-ring (bicyclic) bond motifs is 1. The molecule has 0 atom stereocenters. The van der Waals surface area contributed by atoms with Gasteiger partial charge in [0, 0.05) is 22.2 Å². The highest BCUT2D eigenvalue weighted by atomic mass is 35.5. The van der Waals surface area contributed by atoms with E-state index in [0.29, 0.717) is 26.8 Å². The molecule has 2 aromatic carbocycles. The van der Waals surface area contributed by atoms with Crippen LogP contribution >= 0.6 is 22.9 Å². The van der Waals surface area contributed by atoms with Crippen LogP contribution < -0.4 is 11.1 Å². The fourth-order valence-corrected chi connectivity index (χ4v) is 3.78. The minimum absolute atomic E-state index is 0.134. The van der Waals surface area contributed by atoms with Gasteiger partial charge in [0.05, 0.1) is 24.2 Å². The van der Waals surface area contributed by atoms with E-state index in [4.69, 9.17) is 16.0 Å². The maximum absolute atomic E-state index is 12.2. The Morgan fingerprint density at radius 1 is 1.25 bits per heavy atom. The maximum Gasteiger partial charge on any atom is 0.420 e. The maximum atomic E-state index is 12.2. The molecule has 0 aliphatic rings. The highest BCUT2D eigenvalue weighted by Crippen LogP contribution is 2.20. The van der Waals surface area contributed by atoms with Gasteiger partial charge in [-0.2, -0.15) is 0 Å². The molecule has 4 rings (SSSR count). The first kappa shape index (κ1) is 18.5. The van der Waals surface area contributed by atoms with Crippen LogP contribution in [0.25, 0.3) is 11.1 Å². The number of rotatable bonds is 5. The standard InChI is InChI=1S/C20H16ClN3O3S/c1-12-2-5-14(6-3-12)22-18(25)9-19-23-15(11-28-19)10-24-16-7-4-13(21)8-17(16)27-20(24)26/h2-8,11H,9-10H2,1H3,(H,22,25). The van der Waals surface area contributed by atoms with Crippen molar-refractivity contribution in [3.8, 4) is 0 Å². The van der Waals surface area contributed by atoms with Gasteiger partial charge in [-0.15, -0.1) is 11.3 Å². The van der Waals surface area contributed by atoms with E-state index < -0.39 is 5.76 Å². The Morgan fingerprint density at radius 3 is 2.82 bits per heavy atom. The van der Waals surface area contributed by atoms with E-state index in [0.717, 1.165) is 11.3 Å². The van der Waals surface area contributed by atoms with Crippen LogP contribution in [0.15, 0.2) is 57.1 Å². The van der Waals surface area contributed by atoms with Gasteiger partial charge in [-0.1, -0.05) is 29.3 Å². The number of halogens is 1. The fraction of sp³-hybridized carbons (Fsp3) is 0.150. The third-order valence-corrected chi connectivity index (χ3v) is 5.33. The number of aromatic nitrogens is 2. The molecule has 2 heterocycles. The number of nitrogens with zero attached hydrogens (tertiary/aromatic N) is 2. The molecular weight excluding hydrogens is 398 g/mol. The average molecular weight is 414 g/mol. The number of aryl methyl sites for hydroxylation is 1. The zero-order chi connectivity index (χ0) is 19.7. The third kappa shape index (κ3) is 4.00. The molecule has 0 fully saturated rings. The van der Waals surface area contributed by atoms with Crippen molar-refractivity contribution < 1.29 is 9.21 Å². The molecule has 1 N–H and O–H groups in total. The largest absolute Gasteiger partial charge is 0.420 e. The predicted octanol–water partition coefficient (Wildman–Crippen LogP) is 4.24. The molecule has 4 aromatic rings. The number of anilines is 1. The van der Waals surface area contributed by atoms with Crippen LogP contribution in [0, 0.1) is 6.92 Å². The molecule has 1 amide bonds. The predicted molar refractivity (Wildman–Crippen MR) is 110 cm³/mol. The second-order valence-electron chi connectivity index (χ2n) is 6.39. The van der Waals surface area contributed by atoms with Crippen molar-refractivity contribution in [3.05, 3.63) is 79.7 Å². The summed E-state index contributed by atoms with van der Waals surface area (Å²) in [6.45, 7) is 2.26. The molecule has 0 radical (unpaired) electrons. The SMILES string of the molecule is Cc1ccc(NC(=O)Cc2nc(Cn3c(=O)oc4cc(Cl)ccc43)cs2)cc1. The van der Waals surface area contributed by atoms with Gasteiger partial charge >= 0.3 is 5.76 Å². The van der Waals surface area contributed by atoms with Crippen LogP contribution in [0.5, 0.6) is 0 Å². The molecule has 142 valence electrons. The fourth-order valence-electron chi connectivity index (χ4n) is 2.83. The van der Waals surface area contributed by atoms with Crippen LogP contribution in [0.4, 0.5) is 5.69 Å². The lowest BCUT2D eigenvalue weighted by Crippen LogP contribution is -2.16. The highest BCUT2D eigenvalue weighted by Gasteiger charge is 2.13. The topological polar surface area (TPSA) is 77.1 Å². The third-order valence-electron chi connectivity index (χ3n) is 4.20. The number of hydrogen-bond donors (Lipinski definition) is 1. The van der Waals surface area contributed by atoms with Gasteiger partial charge in [-0.05, 0) is 31.2 Å². The summed E-state index contributed by atoms with van der Waals surface area (Å²) in [4.78, 5) is 28.8. The second kappa shape index (κ2) is 7.61. The van der Waals surface area contributed by atoms with Crippen LogP contribution in [0.1, 0.15) is 16.3 Å². The lowest BCUT2D eigenvalue weighted by Gasteiger charge is -2.04. The molecular formula is C20H16ClN3O3S. The number of nitrogens with one attached hydrogen (secondary N) is 1. The van der Waals surface area contributed by atoms with E-state index in [1.807, 2.05) is 36.6 Å². The van der Waals surface area contributed by atoms with E-state index in [1.54, 1.807) is 18.2 Å². The van der Waals surface area contributed by atoms with Crippen LogP contribution in [0.2, 0.25) is 5.02 Å². The second-order valence-corrected chi connectivity index (χ2v) is 7.77. The monoisotopic (exact) mass is 413 g/mol. The Balaban J connectivity index is 1.46. The van der Waals surface area contributed by atoms with E-state index >= 15 is 0 Å². The van der Waals surface area contributed by atoms with Crippen molar-refractivity contribution in [1.29, 1.82) is 0 Å². The van der Waals surface area contributed by atoms with Gasteiger partial charge in [0.2, 0.25) is 5.91 Å². The summed E-state index contributed by atoms with van der Waals surface area (Å²) >= 11 is 7.33. The van der Waals surface area contributed by atoms with Crippen LogP contribution in [0.3, 0.4) is 0 Å². The Hall–Kier alpha value is -2.90. The molecule has 0 spiro atoms. The smallest absolute Gasteiger partial charge is 0.408 e. The summed E-state index contributed by atoms with van der Waals surface area (Å²) in [6.07, 6.45) is 0.176. The first-order valence-corrected chi connectivity index (χ1v) is 9.82. The van der Waals surface area contributed by atoms with Crippen molar-refractivity contribution in [3.63, 3.8) is 0 Å². The van der Waals surface area contributed by atoms with Crippen molar-refractivity contribution in [1.82, 2.24) is 9.55 Å². The zero-order valence-corrected chi connectivity index (χ0v) is 16.5. The Labute approximate surface area is 169 Å². The molecule has 0 aliphatic heterocycles. The summed E-state index contributed by atoms with van der Waals surface area (Å²) in [5, 5.41) is 5.89. The van der Waals surface area contributed by atoms with Crippen molar-refractivity contribution in [2.75, 3.05) is 5.32 Å². The number of thiazole rings is 1. The normalized spacial score (nSPS) is 11.1. The molecule has 0 aliphatic carbocycles. The van der Waals surface area contributed by atoms with Crippen LogP contribution in [-0.4, -0.2) is 15.5 Å². The molecule has 6 nitrogen and oxygen atoms in total. The first-order chi connectivity index (χ1) is 13.5. The lowest BCUT2D eigenvalue weighted by atomic mass is 10.2. The number of carbonyl (C=O) groups is 1. The Bertz CT molecular complexity index is 1210. The van der Waals surface area contributed by atoms with E-state index in [1.165, 1.54) is 15.9 Å². The summed E-state index contributed by atoms with van der Waals surface area (Å²) in [5.74, 6) is -0.603. The molecule has 8 heteroatoms. The summed E-state index contributed by atoms with van der Waals surface area (Å²) < 4.78 is 6.73. The summed E-state index contributed by atoms with van der Waals surface area (Å²) in [7, 11) is 0. The van der Waals surface area contributed by atoms with Gasteiger partial charge in [0.25, 0.3) is 0 Å². The number of carbonyl (C=O) groups excluding carboxylic acids is 1. The van der Waals surface area contributed by atoms with Crippen molar-refractivity contribution >= 4 is 45.6 Å². The summed E-state index contributed by atoms with van der Waals surface area (Å²) in [5.41, 5.74) is 3.67. The highest BCUT2D eigenvalue weighted by molar-refractivity contribution is 7.09. The Kier molecular flexibility index (Phi) is 5.02. The number of benzene rings is 2. The van der Waals surface area contributed by atoms with E-state index in [2.05, 4.69) is 10.3 Å². The Morgan fingerprint density at radius 2 is 2.04 bits per heavy atom. The number of amides is 1. The minimum atomic E-state index is -0.469. The molecule has 0 saturated carbocycles. The van der Waals surface area contributed by atoms with E-state index in [-0.39, 0.29) is 18.9 Å². The van der Waals surface area contributed by atoms with Gasteiger partial charge in [-0.25, -0.2) is 9.78 Å². The molecule has 0 unspecified atom stereocenters. The van der Waals surface area contributed by atoms with Gasteiger partial charge in [0.15, 0.2) is 5.58 Å². The quantitative estimate of drug-likeness (QED) is 0.530. The first-order valence-electron chi connectivity index (χ1n) is 8.56. The number of hydrogen-bond acceptors (Lipinski definition) is 5. The zero-order valence-electron chi connectivity index (χ0n) is 14.9. The lowest BCUT2D eigenvalue weighted by molar-refractivity contribution is -0.115. The van der Waals surface area contributed by atoms with Crippen molar-refractivity contribution in [2.45, 2.75) is 19.9 Å².